The summed E-state index contributed by atoms with van der Waals surface area (Å²) in [6, 6.07) is 45.5. The molecule has 0 atom stereocenters. The van der Waals surface area contributed by atoms with E-state index in [1.54, 1.807) is 0 Å². The van der Waals surface area contributed by atoms with E-state index in [4.69, 9.17) is 0 Å². The first-order valence-corrected chi connectivity index (χ1v) is 22.8. The molecule has 0 nitrogen and oxygen atoms in total. The van der Waals surface area contributed by atoms with Gasteiger partial charge in [-0.05, 0) is 150 Å². The number of aryl methyl sites for hydroxylation is 12. The predicted molar refractivity (Wildman–Crippen MR) is 283 cm³/mol. The zero-order valence-electron chi connectivity index (χ0n) is 39.7. The number of hydrogen-bond acceptors (Lipinski definition) is 0. The van der Waals surface area contributed by atoms with Gasteiger partial charge in [0.25, 0.3) is 13.4 Å². The van der Waals surface area contributed by atoms with E-state index in [-0.39, 0.29) is 13.4 Å². The van der Waals surface area contributed by atoms with Crippen molar-refractivity contribution >= 4 is 78.4 Å². The Morgan fingerprint density at radius 3 is 0.688 bits per heavy atom. The van der Waals surface area contributed by atoms with E-state index in [2.05, 4.69) is 228 Å². The summed E-state index contributed by atoms with van der Waals surface area (Å²) in [5.74, 6) is 16.0. The second kappa shape index (κ2) is 16.8. The van der Waals surface area contributed by atoms with Gasteiger partial charge in [-0.3, -0.25) is 0 Å². The largest absolute Gasteiger partial charge is 0.297 e. The van der Waals surface area contributed by atoms with Crippen LogP contribution in [0.4, 0.5) is 0 Å². The highest BCUT2D eigenvalue weighted by Gasteiger charge is 2.28. The molecule has 0 amide bonds. The molecule has 0 radical (unpaired) electrons. The quantitative estimate of drug-likeness (QED) is 0.0942. The molecular formula is C62H56B2. The standard InChI is InChI=1S/C62H56B2/c1-37-25-41(5)59(42(6)26-37)63(60-43(7)27-38(2)28-44(60)8)23-21-53-55-33-49-17-13-15-19-51(49)35-57(55)54(58-36-52-20-16-14-18-50(52)34-56(53)58)22-24-64(61-45(9)29-39(3)30-46(61)10)62-47(11)31-40(4)32-48(62)12/h13-20,25-36H,1-12H3. The fourth-order valence-electron chi connectivity index (χ4n) is 11.3. The minimum absolute atomic E-state index is 0.116. The van der Waals surface area contributed by atoms with Gasteiger partial charge in [0.1, 0.15) is 0 Å². The Morgan fingerprint density at radius 2 is 0.484 bits per heavy atom. The van der Waals surface area contributed by atoms with E-state index in [0.717, 1.165) is 32.7 Å². The molecule has 0 saturated carbocycles. The van der Waals surface area contributed by atoms with Crippen LogP contribution in [0.5, 0.6) is 0 Å². The number of rotatable bonds is 4. The van der Waals surface area contributed by atoms with Crippen molar-refractivity contribution in [1.82, 2.24) is 0 Å². The van der Waals surface area contributed by atoms with Gasteiger partial charge in [0.2, 0.25) is 0 Å². The highest BCUT2D eigenvalue weighted by Crippen LogP contribution is 2.37. The van der Waals surface area contributed by atoms with E-state index >= 15 is 0 Å². The topological polar surface area (TPSA) is 0 Å². The first-order valence-electron chi connectivity index (χ1n) is 22.8. The second-order valence-electron chi connectivity index (χ2n) is 18.9. The molecule has 0 heterocycles. The van der Waals surface area contributed by atoms with Gasteiger partial charge in [-0.15, -0.1) is 11.6 Å². The van der Waals surface area contributed by atoms with Crippen LogP contribution in [0.25, 0.3) is 43.1 Å². The maximum Gasteiger partial charge on any atom is 0.297 e. The van der Waals surface area contributed by atoms with Crippen LogP contribution in [0.15, 0.2) is 121 Å². The molecule has 0 saturated heterocycles. The van der Waals surface area contributed by atoms with E-state index in [9.17, 15) is 0 Å². The van der Waals surface area contributed by atoms with Crippen LogP contribution in [0, 0.1) is 107 Å². The highest BCUT2D eigenvalue weighted by atomic mass is 14.2. The lowest BCUT2D eigenvalue weighted by Gasteiger charge is -2.21. The van der Waals surface area contributed by atoms with Crippen molar-refractivity contribution in [1.29, 1.82) is 0 Å². The van der Waals surface area contributed by atoms with Gasteiger partial charge >= 0.3 is 0 Å². The van der Waals surface area contributed by atoms with Crippen LogP contribution in [-0.2, 0) is 0 Å². The van der Waals surface area contributed by atoms with Gasteiger partial charge in [0.15, 0.2) is 0 Å². The minimum atomic E-state index is -0.116. The molecule has 0 unspecified atom stereocenters. The Kier molecular flexibility index (Phi) is 11.1. The fraction of sp³-hybridized carbons (Fsp3) is 0.194. The third-order valence-corrected chi connectivity index (χ3v) is 13.6. The van der Waals surface area contributed by atoms with E-state index < -0.39 is 0 Å². The number of benzene rings is 9. The second-order valence-corrected chi connectivity index (χ2v) is 18.9. The Bertz CT molecular complexity index is 3000. The van der Waals surface area contributed by atoms with Gasteiger partial charge in [0.05, 0.1) is 0 Å². The summed E-state index contributed by atoms with van der Waals surface area (Å²) in [7, 11) is 0. The van der Waals surface area contributed by atoms with Crippen LogP contribution in [0.3, 0.4) is 0 Å². The smallest absolute Gasteiger partial charge is 0.137 e. The lowest BCUT2D eigenvalue weighted by Crippen LogP contribution is -2.46. The molecular weight excluding hydrogens is 766 g/mol. The maximum absolute atomic E-state index is 4.01. The summed E-state index contributed by atoms with van der Waals surface area (Å²) >= 11 is 0. The Hall–Kier alpha value is -6.73. The first-order chi connectivity index (χ1) is 30.7. The van der Waals surface area contributed by atoms with Crippen molar-refractivity contribution in [3.63, 3.8) is 0 Å². The Balaban J connectivity index is 1.41. The van der Waals surface area contributed by atoms with Crippen LogP contribution in [-0.4, -0.2) is 13.4 Å². The average molecular weight is 823 g/mol. The molecule has 9 aromatic rings. The van der Waals surface area contributed by atoms with Crippen LogP contribution in [0.2, 0.25) is 0 Å². The lowest BCUT2D eigenvalue weighted by molar-refractivity contribution is 1.34. The third kappa shape index (κ3) is 7.71. The summed E-state index contributed by atoms with van der Waals surface area (Å²) in [6.07, 6.45) is 0. The summed E-state index contributed by atoms with van der Waals surface area (Å²) in [4.78, 5) is 0. The Morgan fingerprint density at radius 1 is 0.281 bits per heavy atom. The molecule has 0 aliphatic heterocycles. The van der Waals surface area contributed by atoms with Gasteiger partial charge < -0.3 is 0 Å². The maximum atomic E-state index is 4.01. The monoisotopic (exact) mass is 822 g/mol. The molecule has 0 aliphatic carbocycles. The normalized spacial score (nSPS) is 11.2. The molecule has 9 aromatic carbocycles. The predicted octanol–water partition coefficient (Wildman–Crippen LogP) is 12.4. The van der Waals surface area contributed by atoms with Crippen molar-refractivity contribution < 1.29 is 0 Å². The van der Waals surface area contributed by atoms with Crippen molar-refractivity contribution in [2.75, 3.05) is 0 Å². The molecule has 2 heteroatoms. The van der Waals surface area contributed by atoms with Crippen LogP contribution in [0.1, 0.15) is 77.9 Å². The summed E-state index contributed by atoms with van der Waals surface area (Å²) in [6.45, 7) is 26.6. The number of hydrogen-bond donors (Lipinski definition) is 0. The van der Waals surface area contributed by atoms with Crippen molar-refractivity contribution in [2.45, 2.75) is 83.1 Å². The average Bonchev–Trinajstić information content (AvgIpc) is 3.21. The zero-order chi connectivity index (χ0) is 45.1. The SMILES string of the molecule is Cc1cc(C)c(B(C#Cc2c3cc4ccccc4cc3c(C#CB(c3c(C)cc(C)cc3C)c3c(C)cc(C)cc3C)c3cc4ccccc4cc23)c2c(C)cc(C)cc2C)c(C)c1. The van der Waals surface area contributed by atoms with Crippen molar-refractivity contribution in [3.8, 4) is 23.5 Å². The molecule has 0 aliphatic rings. The minimum Gasteiger partial charge on any atom is -0.137 e. The van der Waals surface area contributed by atoms with Gasteiger partial charge in [0, 0.05) is 11.1 Å². The van der Waals surface area contributed by atoms with Gasteiger partial charge in [-0.25, -0.2) is 0 Å². The molecule has 0 aromatic heterocycles. The molecule has 9 rings (SSSR count). The molecule has 310 valence electrons. The van der Waals surface area contributed by atoms with Crippen LogP contribution < -0.4 is 21.9 Å². The Labute approximate surface area is 382 Å². The van der Waals surface area contributed by atoms with E-state index in [1.807, 2.05) is 0 Å². The molecule has 0 N–H and O–H groups in total. The van der Waals surface area contributed by atoms with Crippen molar-refractivity contribution in [3.05, 3.63) is 199 Å². The third-order valence-electron chi connectivity index (χ3n) is 13.6. The van der Waals surface area contributed by atoms with Gasteiger partial charge in [-0.1, -0.05) is 198 Å². The summed E-state index contributed by atoms with van der Waals surface area (Å²) in [5, 5.41) is 9.31. The first kappa shape index (κ1) is 42.6. The molecule has 0 bridgehead atoms. The summed E-state index contributed by atoms with van der Waals surface area (Å²) in [5.41, 5.74) is 22.6. The number of fused-ring (bicyclic) bond motifs is 4. The molecule has 64 heavy (non-hydrogen) atoms. The fourth-order valence-corrected chi connectivity index (χ4v) is 11.3. The molecule has 0 spiro atoms. The summed E-state index contributed by atoms with van der Waals surface area (Å²) < 4.78 is 0. The van der Waals surface area contributed by atoms with Crippen molar-refractivity contribution in [2.24, 2.45) is 0 Å². The molecule has 0 fully saturated rings. The highest BCUT2D eigenvalue weighted by molar-refractivity contribution is 6.93. The lowest BCUT2D eigenvalue weighted by atomic mass is 9.38. The van der Waals surface area contributed by atoms with E-state index in [1.165, 1.54) is 110 Å². The van der Waals surface area contributed by atoms with Gasteiger partial charge in [-0.2, -0.15) is 0 Å². The van der Waals surface area contributed by atoms with Crippen LogP contribution >= 0.6 is 0 Å². The zero-order valence-corrected chi connectivity index (χ0v) is 39.7. The van der Waals surface area contributed by atoms with E-state index in [0.29, 0.717) is 0 Å².